The van der Waals surface area contributed by atoms with Crippen LogP contribution < -0.4 is 5.56 Å². The second-order valence-corrected chi connectivity index (χ2v) is 7.25. The van der Waals surface area contributed by atoms with E-state index in [0.29, 0.717) is 11.4 Å². The van der Waals surface area contributed by atoms with Crippen molar-refractivity contribution in [3.8, 4) is 17.1 Å². The van der Waals surface area contributed by atoms with Gasteiger partial charge < -0.3 is 0 Å². The Hall–Kier alpha value is -2.92. The highest BCUT2D eigenvalue weighted by Gasteiger charge is 2.22. The standard InChI is InChI=1S/C22H22N4O/c27-22-19-15-17(16-24-12-6-2-7-13-24)20-11-5-8-14-25(20)21(19)23-26(22)18-9-3-1-4-10-18/h1,3-5,8-11,14-15H,2,6-7,12-13,16H2. The molecule has 0 aliphatic carbocycles. The maximum Gasteiger partial charge on any atom is 0.282 e. The molecule has 0 N–H and O–H groups in total. The van der Waals surface area contributed by atoms with Gasteiger partial charge in [0.25, 0.3) is 5.56 Å². The molecule has 3 aliphatic rings. The summed E-state index contributed by atoms with van der Waals surface area (Å²) in [5.41, 5.74) is 3.72. The molecule has 4 heterocycles. The van der Waals surface area contributed by atoms with Gasteiger partial charge in [-0.25, -0.2) is 0 Å². The Balaban J connectivity index is 1.70. The van der Waals surface area contributed by atoms with Gasteiger partial charge in [-0.3, -0.25) is 14.1 Å². The van der Waals surface area contributed by atoms with Gasteiger partial charge in [-0.2, -0.15) is 4.68 Å². The summed E-state index contributed by atoms with van der Waals surface area (Å²) in [6.07, 6.45) is 5.83. The zero-order chi connectivity index (χ0) is 18.2. The van der Waals surface area contributed by atoms with Crippen molar-refractivity contribution >= 4 is 5.52 Å². The molecule has 0 bridgehead atoms. The predicted molar refractivity (Wildman–Crippen MR) is 107 cm³/mol. The lowest BCUT2D eigenvalue weighted by atomic mass is 10.1. The van der Waals surface area contributed by atoms with Crippen LogP contribution in [0.1, 0.15) is 24.8 Å². The highest BCUT2D eigenvalue weighted by molar-refractivity contribution is 5.69. The predicted octanol–water partition coefficient (Wildman–Crippen LogP) is 3.58. The van der Waals surface area contributed by atoms with Crippen LogP contribution in [0, 0.1) is 0 Å². The van der Waals surface area contributed by atoms with E-state index in [-0.39, 0.29) is 5.56 Å². The molecule has 3 aliphatic heterocycles. The molecule has 1 fully saturated rings. The number of benzene rings is 1. The monoisotopic (exact) mass is 358 g/mol. The molecule has 0 atom stereocenters. The maximum absolute atomic E-state index is 13.1. The first-order valence-electron chi connectivity index (χ1n) is 9.61. The summed E-state index contributed by atoms with van der Waals surface area (Å²) in [5.74, 6) is 0.710. The second kappa shape index (κ2) is 6.67. The van der Waals surface area contributed by atoms with Crippen molar-refractivity contribution in [3.63, 3.8) is 0 Å². The number of nitrogens with zero attached hydrogens (tertiary/aromatic N) is 4. The summed E-state index contributed by atoms with van der Waals surface area (Å²) in [6.45, 7) is 3.13. The van der Waals surface area contributed by atoms with Crippen molar-refractivity contribution in [1.29, 1.82) is 0 Å². The highest BCUT2D eigenvalue weighted by atomic mass is 16.1. The Bertz CT molecular complexity index is 1110. The summed E-state index contributed by atoms with van der Waals surface area (Å²) in [6, 6.07) is 17.8. The summed E-state index contributed by atoms with van der Waals surface area (Å²) in [4.78, 5) is 15.6. The van der Waals surface area contributed by atoms with E-state index in [2.05, 4.69) is 20.5 Å². The largest absolute Gasteiger partial charge is 0.299 e. The molecule has 5 heteroatoms. The van der Waals surface area contributed by atoms with Gasteiger partial charge >= 0.3 is 0 Å². The maximum atomic E-state index is 13.1. The SMILES string of the molecule is O=c1c2cc(CN3CCCCC3)c3ccccn3c-2nn1-c1ccccc1. The normalized spacial score (nSPS) is 15.6. The van der Waals surface area contributed by atoms with Crippen LogP contribution in [-0.4, -0.2) is 32.2 Å². The number of fused-ring (bicyclic) bond motifs is 3. The molecule has 1 saturated heterocycles. The zero-order valence-electron chi connectivity index (χ0n) is 15.2. The first-order valence-corrected chi connectivity index (χ1v) is 9.61. The number of rotatable bonds is 3. The zero-order valence-corrected chi connectivity index (χ0v) is 15.2. The van der Waals surface area contributed by atoms with Gasteiger partial charge in [0.1, 0.15) is 0 Å². The molecular weight excluding hydrogens is 336 g/mol. The third-order valence-corrected chi connectivity index (χ3v) is 5.44. The minimum absolute atomic E-state index is 0.0608. The Morgan fingerprint density at radius 2 is 1.70 bits per heavy atom. The lowest BCUT2D eigenvalue weighted by Gasteiger charge is -2.27. The van der Waals surface area contributed by atoms with Gasteiger partial charge in [0.2, 0.25) is 0 Å². The molecule has 1 aromatic heterocycles. The van der Waals surface area contributed by atoms with Crippen LogP contribution in [0.2, 0.25) is 0 Å². The van der Waals surface area contributed by atoms with Crippen molar-refractivity contribution < 1.29 is 0 Å². The number of likely N-dealkylation sites (tertiary alicyclic amines) is 1. The molecule has 0 spiro atoms. The first-order chi connectivity index (χ1) is 13.3. The third kappa shape index (κ3) is 2.84. The molecule has 136 valence electrons. The average molecular weight is 358 g/mol. The topological polar surface area (TPSA) is 42.5 Å². The van der Waals surface area contributed by atoms with Crippen LogP contribution >= 0.6 is 0 Å². The summed E-state index contributed by atoms with van der Waals surface area (Å²) >= 11 is 0. The van der Waals surface area contributed by atoms with Gasteiger partial charge in [0, 0.05) is 12.7 Å². The van der Waals surface area contributed by atoms with Crippen molar-refractivity contribution in [2.75, 3.05) is 13.1 Å². The number of hydrogen-bond acceptors (Lipinski definition) is 3. The fourth-order valence-electron chi connectivity index (χ4n) is 4.07. The molecule has 0 radical (unpaired) electrons. The van der Waals surface area contributed by atoms with Gasteiger partial charge in [0.15, 0.2) is 5.82 Å². The van der Waals surface area contributed by atoms with Crippen molar-refractivity contribution in [1.82, 2.24) is 19.1 Å². The van der Waals surface area contributed by atoms with Crippen molar-refractivity contribution in [3.05, 3.63) is 76.7 Å². The van der Waals surface area contributed by atoms with E-state index in [0.717, 1.165) is 30.8 Å². The van der Waals surface area contributed by atoms with Crippen LogP contribution in [0.4, 0.5) is 0 Å². The minimum atomic E-state index is -0.0608. The van der Waals surface area contributed by atoms with Gasteiger partial charge in [0.05, 0.1) is 16.8 Å². The second-order valence-electron chi connectivity index (χ2n) is 7.25. The van der Waals surface area contributed by atoms with Gasteiger partial charge in [-0.1, -0.05) is 30.7 Å². The molecule has 0 saturated carbocycles. The molecule has 5 rings (SSSR count). The van der Waals surface area contributed by atoms with Crippen LogP contribution in [0.3, 0.4) is 0 Å². The molecule has 2 aromatic rings. The molecular formula is C22H22N4O. The lowest BCUT2D eigenvalue weighted by molar-refractivity contribution is 0.221. The molecule has 0 unspecified atom stereocenters. The smallest absolute Gasteiger partial charge is 0.282 e. The van der Waals surface area contributed by atoms with E-state index in [4.69, 9.17) is 0 Å². The number of para-hydroxylation sites is 1. The molecule has 5 nitrogen and oxygen atoms in total. The van der Waals surface area contributed by atoms with Crippen LogP contribution in [0.5, 0.6) is 0 Å². The van der Waals surface area contributed by atoms with Crippen molar-refractivity contribution in [2.45, 2.75) is 25.8 Å². The number of hydrogen-bond donors (Lipinski definition) is 0. The molecule has 0 amide bonds. The number of pyridine rings is 2. The minimum Gasteiger partial charge on any atom is -0.299 e. The van der Waals surface area contributed by atoms with Crippen LogP contribution in [0.15, 0.2) is 65.6 Å². The first kappa shape index (κ1) is 16.3. The van der Waals surface area contributed by atoms with E-state index in [1.54, 1.807) is 0 Å². The highest BCUT2D eigenvalue weighted by Crippen LogP contribution is 2.25. The molecule has 1 aromatic carbocycles. The number of aromatic nitrogens is 3. The fourth-order valence-corrected chi connectivity index (χ4v) is 4.07. The van der Waals surface area contributed by atoms with E-state index < -0.39 is 0 Å². The third-order valence-electron chi connectivity index (χ3n) is 5.44. The van der Waals surface area contributed by atoms with E-state index in [1.807, 2.05) is 54.7 Å². The molecule has 27 heavy (non-hydrogen) atoms. The number of piperidine rings is 1. The quantitative estimate of drug-likeness (QED) is 0.562. The summed E-state index contributed by atoms with van der Waals surface area (Å²) in [5, 5.41) is 4.65. The van der Waals surface area contributed by atoms with Crippen LogP contribution in [-0.2, 0) is 6.54 Å². The van der Waals surface area contributed by atoms with E-state index >= 15 is 0 Å². The Morgan fingerprint density at radius 1 is 0.926 bits per heavy atom. The van der Waals surface area contributed by atoms with E-state index in [1.165, 1.54) is 29.5 Å². The Labute approximate surface area is 157 Å². The Morgan fingerprint density at radius 3 is 2.52 bits per heavy atom. The van der Waals surface area contributed by atoms with Gasteiger partial charge in [-0.05, 0) is 61.8 Å². The van der Waals surface area contributed by atoms with E-state index in [9.17, 15) is 4.79 Å². The Kier molecular flexibility index (Phi) is 4.02. The summed E-state index contributed by atoms with van der Waals surface area (Å²) in [7, 11) is 0. The average Bonchev–Trinajstić information content (AvgIpc) is 3.06. The van der Waals surface area contributed by atoms with Gasteiger partial charge in [-0.15, -0.1) is 5.10 Å². The lowest BCUT2D eigenvalue weighted by Crippen LogP contribution is -2.29. The van der Waals surface area contributed by atoms with Crippen molar-refractivity contribution in [2.24, 2.45) is 0 Å². The fraction of sp³-hybridized carbons (Fsp3) is 0.273. The van der Waals surface area contributed by atoms with Crippen LogP contribution in [0.25, 0.3) is 22.6 Å². The summed E-state index contributed by atoms with van der Waals surface area (Å²) < 4.78 is 3.56.